The molecule has 0 aliphatic carbocycles. The summed E-state index contributed by atoms with van der Waals surface area (Å²) in [6.07, 6.45) is 1.78. The number of cyclic esters (lactones) is 1. The van der Waals surface area contributed by atoms with Gasteiger partial charge in [-0.3, -0.25) is 0 Å². The first kappa shape index (κ1) is 11.7. The molecule has 0 spiro atoms. The zero-order valence-corrected chi connectivity index (χ0v) is 11.3. The third kappa shape index (κ3) is 2.47. The Hall–Kier alpha value is -0.791. The first-order valence-corrected chi connectivity index (χ1v) is 7.42. The van der Waals surface area contributed by atoms with Crippen LogP contribution >= 0.6 is 0 Å². The van der Waals surface area contributed by atoms with Gasteiger partial charge in [0.1, 0.15) is 0 Å². The van der Waals surface area contributed by atoms with E-state index in [1.807, 2.05) is 25.1 Å². The van der Waals surface area contributed by atoms with Gasteiger partial charge in [-0.05, 0) is 0 Å². The van der Waals surface area contributed by atoms with E-state index in [1.165, 1.54) is 4.46 Å². The zero-order chi connectivity index (χ0) is 11.6. The maximum absolute atomic E-state index is 11.7. The van der Waals surface area contributed by atoms with E-state index in [4.69, 9.17) is 4.74 Å². The normalized spacial score (nSPS) is 29.1. The number of carbonyl (C=O) groups excluding carboxylic acids is 1. The summed E-state index contributed by atoms with van der Waals surface area (Å²) < 4.78 is 6.73. The van der Waals surface area contributed by atoms with Crippen LogP contribution in [0.15, 0.2) is 30.3 Å². The van der Waals surface area contributed by atoms with Crippen LogP contribution in [0, 0.1) is 0 Å². The number of ether oxygens (including phenoxy) is 1. The fourth-order valence-corrected chi connectivity index (χ4v) is 4.36. The van der Waals surface area contributed by atoms with Gasteiger partial charge in [0.15, 0.2) is 0 Å². The molecule has 0 bridgehead atoms. The standard InChI is InChI=1S/C13H16O2Se/c1-3-13(2)9-11(12(14)15-13)16-10-7-5-4-6-8-10/h4-8,11H,3,9H2,1-2H3. The molecule has 1 aromatic rings. The predicted octanol–water partition coefficient (Wildman–Crippen LogP) is 1.92. The molecule has 2 nitrogen and oxygen atoms in total. The van der Waals surface area contributed by atoms with Gasteiger partial charge < -0.3 is 0 Å². The summed E-state index contributed by atoms with van der Waals surface area (Å²) in [6.45, 7) is 4.11. The van der Waals surface area contributed by atoms with Crippen LogP contribution in [0.5, 0.6) is 0 Å². The number of esters is 1. The third-order valence-electron chi connectivity index (χ3n) is 3.00. The molecule has 2 unspecified atom stereocenters. The van der Waals surface area contributed by atoms with Crippen LogP contribution < -0.4 is 4.46 Å². The van der Waals surface area contributed by atoms with Crippen molar-refractivity contribution in [2.75, 3.05) is 0 Å². The fraction of sp³-hybridized carbons (Fsp3) is 0.462. The Labute approximate surface area is 103 Å². The van der Waals surface area contributed by atoms with E-state index in [2.05, 4.69) is 19.1 Å². The molecule has 1 aliphatic rings. The van der Waals surface area contributed by atoms with E-state index in [0.29, 0.717) is 0 Å². The number of benzene rings is 1. The number of hydrogen-bond acceptors (Lipinski definition) is 2. The van der Waals surface area contributed by atoms with Gasteiger partial charge in [-0.25, -0.2) is 0 Å². The van der Waals surface area contributed by atoms with Crippen molar-refractivity contribution in [3.05, 3.63) is 30.3 Å². The van der Waals surface area contributed by atoms with Gasteiger partial charge in [0, 0.05) is 0 Å². The van der Waals surface area contributed by atoms with Gasteiger partial charge in [0.05, 0.1) is 0 Å². The molecule has 0 saturated carbocycles. The first-order valence-electron chi connectivity index (χ1n) is 5.57. The summed E-state index contributed by atoms with van der Waals surface area (Å²) in [5.74, 6) is -0.00629. The maximum atomic E-state index is 11.7. The van der Waals surface area contributed by atoms with Crippen molar-refractivity contribution in [3.8, 4) is 0 Å². The molecule has 2 rings (SSSR count). The van der Waals surface area contributed by atoms with Crippen LogP contribution in [0.25, 0.3) is 0 Å². The Morgan fingerprint density at radius 1 is 1.44 bits per heavy atom. The van der Waals surface area contributed by atoms with Gasteiger partial charge >= 0.3 is 102 Å². The van der Waals surface area contributed by atoms with Gasteiger partial charge in [0.2, 0.25) is 0 Å². The molecule has 1 saturated heterocycles. The van der Waals surface area contributed by atoms with E-state index in [-0.39, 0.29) is 31.3 Å². The van der Waals surface area contributed by atoms with E-state index < -0.39 is 0 Å². The second kappa shape index (κ2) is 4.60. The Balaban J connectivity index is 2.05. The molecule has 0 aromatic heterocycles. The number of carbonyl (C=O) groups is 1. The van der Waals surface area contributed by atoms with Gasteiger partial charge in [-0.1, -0.05) is 0 Å². The second-order valence-electron chi connectivity index (χ2n) is 4.35. The van der Waals surface area contributed by atoms with E-state index in [1.54, 1.807) is 0 Å². The van der Waals surface area contributed by atoms with Crippen molar-refractivity contribution >= 4 is 25.4 Å². The molecular formula is C13H16O2Se. The Morgan fingerprint density at radius 3 is 2.69 bits per heavy atom. The minimum absolute atomic E-state index is 0.00629. The van der Waals surface area contributed by atoms with Crippen LogP contribution in [0.3, 0.4) is 0 Å². The molecule has 1 aromatic carbocycles. The molecule has 2 atom stereocenters. The van der Waals surface area contributed by atoms with E-state index in [0.717, 1.165) is 12.8 Å². The van der Waals surface area contributed by atoms with Crippen molar-refractivity contribution in [1.82, 2.24) is 0 Å². The average Bonchev–Trinajstić information content (AvgIpc) is 2.57. The second-order valence-corrected chi connectivity index (χ2v) is 7.03. The van der Waals surface area contributed by atoms with Crippen LogP contribution in [-0.2, 0) is 9.53 Å². The van der Waals surface area contributed by atoms with Crippen molar-refractivity contribution < 1.29 is 9.53 Å². The molecule has 1 aliphatic heterocycles. The molecule has 1 fully saturated rings. The molecule has 86 valence electrons. The summed E-state index contributed by atoms with van der Waals surface area (Å²) in [5.41, 5.74) is -0.224. The molecule has 0 N–H and O–H groups in total. The Bertz CT molecular complexity index is 377. The Morgan fingerprint density at radius 2 is 2.12 bits per heavy atom. The van der Waals surface area contributed by atoms with Crippen molar-refractivity contribution in [2.45, 2.75) is 37.1 Å². The fourth-order valence-electron chi connectivity index (χ4n) is 1.80. The quantitative estimate of drug-likeness (QED) is 0.626. The van der Waals surface area contributed by atoms with Crippen molar-refractivity contribution in [1.29, 1.82) is 0 Å². The van der Waals surface area contributed by atoms with Crippen LogP contribution in [0.2, 0.25) is 4.82 Å². The summed E-state index contributed by atoms with van der Waals surface area (Å²) in [5, 5.41) is 0. The molecule has 0 radical (unpaired) electrons. The SMILES string of the molecule is CCC1(C)CC([Se]c2ccccc2)C(=O)O1. The molecule has 16 heavy (non-hydrogen) atoms. The van der Waals surface area contributed by atoms with Crippen LogP contribution in [0.1, 0.15) is 26.7 Å². The molecule has 1 heterocycles. The summed E-state index contributed by atoms with van der Waals surface area (Å²) in [6, 6.07) is 10.2. The molecule has 0 amide bonds. The predicted molar refractivity (Wildman–Crippen MR) is 65.0 cm³/mol. The van der Waals surface area contributed by atoms with Gasteiger partial charge in [0.25, 0.3) is 0 Å². The molecular weight excluding hydrogens is 267 g/mol. The minimum atomic E-state index is -0.224. The van der Waals surface area contributed by atoms with Gasteiger partial charge in [-0.2, -0.15) is 0 Å². The number of hydrogen-bond donors (Lipinski definition) is 0. The van der Waals surface area contributed by atoms with Gasteiger partial charge in [-0.15, -0.1) is 0 Å². The number of rotatable bonds is 3. The third-order valence-corrected chi connectivity index (χ3v) is 5.49. The topological polar surface area (TPSA) is 26.3 Å². The summed E-state index contributed by atoms with van der Waals surface area (Å²) in [7, 11) is 0. The van der Waals surface area contributed by atoms with Crippen molar-refractivity contribution in [2.24, 2.45) is 0 Å². The average molecular weight is 283 g/mol. The van der Waals surface area contributed by atoms with E-state index in [9.17, 15) is 4.79 Å². The summed E-state index contributed by atoms with van der Waals surface area (Å²) >= 11 is 0.200. The Kier molecular flexibility index (Phi) is 3.36. The zero-order valence-electron chi connectivity index (χ0n) is 9.60. The van der Waals surface area contributed by atoms with Crippen LogP contribution in [-0.4, -0.2) is 26.5 Å². The van der Waals surface area contributed by atoms with E-state index >= 15 is 0 Å². The monoisotopic (exact) mass is 284 g/mol. The molecule has 3 heteroatoms. The van der Waals surface area contributed by atoms with Crippen molar-refractivity contribution in [3.63, 3.8) is 0 Å². The summed E-state index contributed by atoms with van der Waals surface area (Å²) in [4.78, 5) is 11.8. The first-order chi connectivity index (χ1) is 7.63. The van der Waals surface area contributed by atoms with Crippen LogP contribution in [0.4, 0.5) is 0 Å².